The highest BCUT2D eigenvalue weighted by atomic mass is 19.1. The first-order valence-electron chi connectivity index (χ1n) is 3.64. The Labute approximate surface area is 74.7 Å². The molecule has 1 aromatic carbocycles. The molecule has 0 saturated heterocycles. The van der Waals surface area contributed by atoms with Crippen molar-refractivity contribution in [2.24, 2.45) is 0 Å². The number of hydrogen-bond donors (Lipinski definition) is 0. The molecule has 13 heavy (non-hydrogen) atoms. The largest absolute Gasteiger partial charge is 0.298 e. The number of rotatable bonds is 3. The summed E-state index contributed by atoms with van der Waals surface area (Å²) in [7, 11) is 0. The molecule has 0 radical (unpaired) electrons. The molecule has 0 bridgehead atoms. The molecule has 0 N–H and O–H groups in total. The highest BCUT2D eigenvalue weighted by molar-refractivity contribution is 6.04. The van der Waals surface area contributed by atoms with E-state index in [1.807, 2.05) is 0 Å². The van der Waals surface area contributed by atoms with Gasteiger partial charge in [-0.05, 0) is 12.1 Å². The van der Waals surface area contributed by atoms with Gasteiger partial charge in [-0.25, -0.2) is 4.39 Å². The lowest BCUT2D eigenvalue weighted by molar-refractivity contribution is -0.109. The number of carbonyl (C=O) groups excluding carboxylic acids is 2. The zero-order valence-corrected chi connectivity index (χ0v) is 6.74. The summed E-state index contributed by atoms with van der Waals surface area (Å²) in [6, 6.07) is 5.91. The van der Waals surface area contributed by atoms with Gasteiger partial charge in [0.05, 0.1) is 5.57 Å². The standard InChI is InChI=1S/C10H7FO2/c11-10-4-2-1-3-9(10)5-8(6-12)7-13/h1-7H. The van der Waals surface area contributed by atoms with Crippen molar-refractivity contribution in [2.45, 2.75) is 0 Å². The van der Waals surface area contributed by atoms with Crippen LogP contribution < -0.4 is 0 Å². The average molecular weight is 178 g/mol. The van der Waals surface area contributed by atoms with Crippen LogP contribution in [0.3, 0.4) is 0 Å². The Morgan fingerprint density at radius 1 is 1.15 bits per heavy atom. The van der Waals surface area contributed by atoms with Crippen LogP contribution in [0.1, 0.15) is 5.56 Å². The molecule has 0 fully saturated rings. The number of halogens is 1. The van der Waals surface area contributed by atoms with Crippen LogP contribution in [0.25, 0.3) is 6.08 Å². The molecule has 0 heterocycles. The number of aldehydes is 2. The first-order valence-corrected chi connectivity index (χ1v) is 3.64. The maximum Gasteiger partial charge on any atom is 0.153 e. The van der Waals surface area contributed by atoms with Gasteiger partial charge in [-0.15, -0.1) is 0 Å². The topological polar surface area (TPSA) is 34.1 Å². The van der Waals surface area contributed by atoms with Gasteiger partial charge in [0.25, 0.3) is 0 Å². The van der Waals surface area contributed by atoms with Gasteiger partial charge in [-0.2, -0.15) is 0 Å². The van der Waals surface area contributed by atoms with Crippen molar-refractivity contribution in [3.05, 3.63) is 41.2 Å². The van der Waals surface area contributed by atoms with E-state index in [9.17, 15) is 14.0 Å². The Morgan fingerprint density at radius 2 is 1.77 bits per heavy atom. The summed E-state index contributed by atoms with van der Waals surface area (Å²) in [5.41, 5.74) is 0.154. The second-order valence-electron chi connectivity index (χ2n) is 2.40. The van der Waals surface area contributed by atoms with Crippen LogP contribution in [-0.4, -0.2) is 12.6 Å². The number of carbonyl (C=O) groups is 2. The van der Waals surface area contributed by atoms with E-state index in [-0.39, 0.29) is 11.1 Å². The van der Waals surface area contributed by atoms with Gasteiger partial charge in [-0.3, -0.25) is 9.59 Å². The Hall–Kier alpha value is -1.77. The summed E-state index contributed by atoms with van der Waals surface area (Å²) in [6.07, 6.45) is 1.98. The average Bonchev–Trinajstić information content (AvgIpc) is 2.17. The molecule has 0 atom stereocenters. The molecule has 0 aliphatic carbocycles. The van der Waals surface area contributed by atoms with E-state index in [1.54, 1.807) is 6.07 Å². The Morgan fingerprint density at radius 3 is 2.31 bits per heavy atom. The van der Waals surface area contributed by atoms with E-state index in [0.29, 0.717) is 12.6 Å². The maximum absolute atomic E-state index is 12.9. The summed E-state index contributed by atoms with van der Waals surface area (Å²) in [6.45, 7) is 0. The lowest BCUT2D eigenvalue weighted by Gasteiger charge is -1.94. The lowest BCUT2D eigenvalue weighted by atomic mass is 10.1. The van der Waals surface area contributed by atoms with Gasteiger partial charge in [0, 0.05) is 5.56 Å². The molecule has 66 valence electrons. The minimum absolute atomic E-state index is 0.0786. The molecule has 0 amide bonds. The van der Waals surface area contributed by atoms with E-state index < -0.39 is 5.82 Å². The van der Waals surface area contributed by atoms with Crippen LogP contribution in [0.2, 0.25) is 0 Å². The summed E-state index contributed by atoms with van der Waals surface area (Å²) in [4.78, 5) is 20.5. The molecule has 0 spiro atoms. The normalized spacial score (nSPS) is 9.00. The van der Waals surface area contributed by atoms with Gasteiger partial charge in [0.15, 0.2) is 12.6 Å². The van der Waals surface area contributed by atoms with Crippen LogP contribution in [0, 0.1) is 5.82 Å². The van der Waals surface area contributed by atoms with E-state index in [1.165, 1.54) is 24.3 Å². The summed E-state index contributed by atoms with van der Waals surface area (Å²) in [5.74, 6) is -0.455. The van der Waals surface area contributed by atoms with Crippen LogP contribution in [-0.2, 0) is 9.59 Å². The van der Waals surface area contributed by atoms with Gasteiger partial charge < -0.3 is 0 Å². The Bertz CT molecular complexity index is 346. The van der Waals surface area contributed by atoms with E-state index in [4.69, 9.17) is 0 Å². The molecule has 0 aliphatic heterocycles. The van der Waals surface area contributed by atoms with Crippen LogP contribution >= 0.6 is 0 Å². The molecule has 0 aliphatic rings. The van der Waals surface area contributed by atoms with Crippen molar-refractivity contribution in [3.63, 3.8) is 0 Å². The fourth-order valence-electron chi connectivity index (χ4n) is 0.868. The third-order valence-electron chi connectivity index (χ3n) is 1.50. The maximum atomic E-state index is 12.9. The Balaban J connectivity index is 3.09. The smallest absolute Gasteiger partial charge is 0.153 e. The summed E-state index contributed by atoms with van der Waals surface area (Å²) >= 11 is 0. The molecule has 1 rings (SSSR count). The highest BCUT2D eigenvalue weighted by Gasteiger charge is 1.98. The van der Waals surface area contributed by atoms with Crippen molar-refractivity contribution in [2.75, 3.05) is 0 Å². The summed E-state index contributed by atoms with van der Waals surface area (Å²) < 4.78 is 12.9. The summed E-state index contributed by atoms with van der Waals surface area (Å²) in [5, 5.41) is 0. The van der Waals surface area contributed by atoms with Gasteiger partial charge in [0.1, 0.15) is 5.82 Å². The molecule has 0 saturated carbocycles. The molecule has 0 unspecified atom stereocenters. The molecule has 0 aromatic heterocycles. The Kier molecular flexibility index (Phi) is 3.09. The highest BCUT2D eigenvalue weighted by Crippen LogP contribution is 2.09. The van der Waals surface area contributed by atoms with Crippen LogP contribution in [0.15, 0.2) is 29.8 Å². The van der Waals surface area contributed by atoms with Crippen molar-refractivity contribution >= 4 is 18.6 Å². The SMILES string of the molecule is O=CC(C=O)=Cc1ccccc1F. The van der Waals surface area contributed by atoms with E-state index in [2.05, 4.69) is 0 Å². The third kappa shape index (κ3) is 2.33. The number of allylic oxidation sites excluding steroid dienone is 1. The van der Waals surface area contributed by atoms with Crippen molar-refractivity contribution in [1.82, 2.24) is 0 Å². The first kappa shape index (κ1) is 9.32. The monoisotopic (exact) mass is 178 g/mol. The molecular formula is C10H7FO2. The quantitative estimate of drug-likeness (QED) is 0.305. The minimum atomic E-state index is -0.455. The first-order chi connectivity index (χ1) is 6.27. The zero-order chi connectivity index (χ0) is 9.68. The van der Waals surface area contributed by atoms with E-state index in [0.717, 1.165) is 0 Å². The van der Waals surface area contributed by atoms with Crippen LogP contribution in [0.5, 0.6) is 0 Å². The molecular weight excluding hydrogens is 171 g/mol. The van der Waals surface area contributed by atoms with Gasteiger partial charge in [0.2, 0.25) is 0 Å². The van der Waals surface area contributed by atoms with E-state index >= 15 is 0 Å². The van der Waals surface area contributed by atoms with Crippen molar-refractivity contribution in [1.29, 1.82) is 0 Å². The fraction of sp³-hybridized carbons (Fsp3) is 0. The minimum Gasteiger partial charge on any atom is -0.298 e. The van der Waals surface area contributed by atoms with Crippen LogP contribution in [0.4, 0.5) is 4.39 Å². The molecule has 3 heteroatoms. The third-order valence-corrected chi connectivity index (χ3v) is 1.50. The second-order valence-corrected chi connectivity index (χ2v) is 2.40. The zero-order valence-electron chi connectivity index (χ0n) is 6.74. The second kappa shape index (κ2) is 4.30. The molecule has 1 aromatic rings. The molecule has 2 nitrogen and oxygen atoms in total. The van der Waals surface area contributed by atoms with Gasteiger partial charge in [-0.1, -0.05) is 18.2 Å². The number of hydrogen-bond acceptors (Lipinski definition) is 2. The number of benzene rings is 1. The predicted octanol–water partition coefficient (Wildman–Crippen LogP) is 1.61. The van der Waals surface area contributed by atoms with Crippen molar-refractivity contribution < 1.29 is 14.0 Å². The fourth-order valence-corrected chi connectivity index (χ4v) is 0.868. The lowest BCUT2D eigenvalue weighted by Crippen LogP contribution is -1.87. The van der Waals surface area contributed by atoms with Crippen molar-refractivity contribution in [3.8, 4) is 0 Å². The van der Waals surface area contributed by atoms with Gasteiger partial charge >= 0.3 is 0 Å². The predicted molar refractivity (Wildman–Crippen MR) is 46.5 cm³/mol.